The molecular weight excluding hydrogens is 529 g/mol. The van der Waals surface area contributed by atoms with Crippen molar-refractivity contribution in [3.8, 4) is 5.75 Å². The highest BCUT2D eigenvalue weighted by Gasteiger charge is 2.35. The molecule has 13 heteroatoms. The van der Waals surface area contributed by atoms with Gasteiger partial charge >= 0.3 is 6.18 Å². The van der Waals surface area contributed by atoms with E-state index in [-0.39, 0.29) is 46.2 Å². The number of nitrogens with one attached hydrogen (secondary N) is 3. The van der Waals surface area contributed by atoms with Crippen LogP contribution in [-0.4, -0.2) is 40.5 Å². The number of thiazole rings is 1. The number of thioether (sulfide) groups is 1. The van der Waals surface area contributed by atoms with E-state index in [1.165, 1.54) is 17.5 Å². The maximum absolute atomic E-state index is 13.6. The zero-order valence-corrected chi connectivity index (χ0v) is 21.9. The second-order valence-electron chi connectivity index (χ2n) is 7.95. The minimum atomic E-state index is -4.61. The van der Waals surface area contributed by atoms with Crippen molar-refractivity contribution in [1.82, 2.24) is 10.3 Å². The first-order valence-electron chi connectivity index (χ1n) is 11.7. The van der Waals surface area contributed by atoms with Gasteiger partial charge in [0.2, 0.25) is 5.91 Å². The Morgan fingerprint density at radius 2 is 1.92 bits per heavy atom. The maximum Gasteiger partial charge on any atom is 0.420 e. The Balaban J connectivity index is 1.94. The molecule has 202 valence electrons. The van der Waals surface area contributed by atoms with Crippen molar-refractivity contribution >= 4 is 57.1 Å². The van der Waals surface area contributed by atoms with Gasteiger partial charge in [0.25, 0.3) is 0 Å². The number of Topliss-reactive ketones (excluding diaryl/α,β-unsaturated/α-hetero) is 1. The van der Waals surface area contributed by atoms with Crippen LogP contribution in [-0.2, 0) is 15.8 Å². The van der Waals surface area contributed by atoms with Crippen molar-refractivity contribution < 1.29 is 32.3 Å². The molecule has 0 radical (unpaired) electrons. The lowest BCUT2D eigenvalue weighted by atomic mass is 10.1. The Labute approximate surface area is 221 Å². The number of unbranched alkanes of at least 4 members (excludes halogenated alkanes) is 5. The van der Waals surface area contributed by atoms with Crippen molar-refractivity contribution in [3.63, 3.8) is 0 Å². The normalized spacial score (nSPS) is 11.1. The minimum Gasteiger partial charge on any atom is -0.493 e. The van der Waals surface area contributed by atoms with Gasteiger partial charge in [-0.2, -0.15) is 13.2 Å². The van der Waals surface area contributed by atoms with Gasteiger partial charge in [0.05, 0.1) is 24.3 Å². The lowest BCUT2D eigenvalue weighted by Crippen LogP contribution is -2.28. The fraction of sp³-hybridized carbons (Fsp3) is 0.458. The Morgan fingerprint density at radius 3 is 2.62 bits per heavy atom. The van der Waals surface area contributed by atoms with Crippen LogP contribution in [0.25, 0.3) is 0 Å². The van der Waals surface area contributed by atoms with Crippen molar-refractivity contribution in [2.24, 2.45) is 0 Å². The van der Waals surface area contributed by atoms with Gasteiger partial charge in [0, 0.05) is 11.1 Å². The van der Waals surface area contributed by atoms with Crippen LogP contribution in [0, 0.1) is 5.41 Å². The number of carbonyl (C=O) groups is 3. The van der Waals surface area contributed by atoms with Gasteiger partial charge in [-0.1, -0.05) is 50.8 Å². The van der Waals surface area contributed by atoms with E-state index in [1.807, 2.05) is 0 Å². The fourth-order valence-corrected chi connectivity index (χ4v) is 4.45. The molecule has 0 aliphatic rings. The summed E-state index contributed by atoms with van der Waals surface area (Å²) in [4.78, 5) is 38.0. The summed E-state index contributed by atoms with van der Waals surface area (Å²) in [6.07, 6.45) is 1.40. The van der Waals surface area contributed by atoms with Gasteiger partial charge in [0.15, 0.2) is 16.1 Å². The van der Waals surface area contributed by atoms with Gasteiger partial charge in [-0.15, -0.1) is 11.3 Å². The fourth-order valence-electron chi connectivity index (χ4n) is 3.10. The molecule has 0 bridgehead atoms. The molecule has 0 aliphatic heterocycles. The van der Waals surface area contributed by atoms with Gasteiger partial charge in [0.1, 0.15) is 17.7 Å². The van der Waals surface area contributed by atoms with E-state index in [0.717, 1.165) is 61.3 Å². The number of ether oxygens (including phenoxy) is 1. The number of rotatable bonds is 15. The number of amides is 1. The molecule has 0 fully saturated rings. The number of hydrogen-bond acceptors (Lipinski definition) is 9. The zero-order valence-electron chi connectivity index (χ0n) is 20.3. The number of carbonyl (C=O) groups excluding carboxylic acids is 3. The zero-order chi connectivity index (χ0) is 27.3. The summed E-state index contributed by atoms with van der Waals surface area (Å²) >= 11 is 1.80. The third-order valence-electron chi connectivity index (χ3n) is 4.95. The molecule has 8 nitrogen and oxygen atoms in total. The second kappa shape index (κ2) is 15.4. The summed E-state index contributed by atoms with van der Waals surface area (Å²) in [5.74, 6) is -1.51. The number of benzene rings is 1. The average molecular weight is 559 g/mol. The van der Waals surface area contributed by atoms with E-state index in [9.17, 15) is 27.6 Å². The van der Waals surface area contributed by atoms with Crippen molar-refractivity contribution in [1.29, 1.82) is 5.41 Å². The molecule has 37 heavy (non-hydrogen) atoms. The number of anilines is 2. The lowest BCUT2D eigenvalue weighted by molar-refractivity contribution is -0.139. The van der Waals surface area contributed by atoms with Crippen LogP contribution in [0.3, 0.4) is 0 Å². The van der Waals surface area contributed by atoms with Gasteiger partial charge in [-0.3, -0.25) is 15.0 Å². The summed E-state index contributed by atoms with van der Waals surface area (Å²) in [5, 5.41) is 13.9. The van der Waals surface area contributed by atoms with Crippen molar-refractivity contribution in [3.05, 3.63) is 34.8 Å². The summed E-state index contributed by atoms with van der Waals surface area (Å²) < 4.78 is 46.3. The molecule has 0 spiro atoms. The quantitative estimate of drug-likeness (QED) is 0.0594. The van der Waals surface area contributed by atoms with Crippen LogP contribution >= 0.6 is 23.1 Å². The summed E-state index contributed by atoms with van der Waals surface area (Å²) in [6, 6.07) is 3.66. The molecule has 1 heterocycles. The molecule has 0 unspecified atom stereocenters. The number of ketones is 1. The minimum absolute atomic E-state index is 0.0713. The highest BCUT2D eigenvalue weighted by Crippen LogP contribution is 2.38. The predicted octanol–water partition coefficient (Wildman–Crippen LogP) is 6.20. The van der Waals surface area contributed by atoms with E-state index in [1.54, 1.807) is 0 Å². The number of aromatic nitrogens is 1. The molecule has 0 saturated heterocycles. The van der Waals surface area contributed by atoms with Crippen LogP contribution in [0.1, 0.15) is 67.9 Å². The summed E-state index contributed by atoms with van der Waals surface area (Å²) in [6.45, 7) is 2.32. The molecule has 1 aromatic heterocycles. The highest BCUT2D eigenvalue weighted by molar-refractivity contribution is 8.14. The van der Waals surface area contributed by atoms with E-state index in [0.29, 0.717) is 12.7 Å². The molecule has 2 rings (SSSR count). The number of amidine groups is 1. The maximum atomic E-state index is 13.6. The van der Waals surface area contributed by atoms with Gasteiger partial charge < -0.3 is 20.2 Å². The van der Waals surface area contributed by atoms with Crippen molar-refractivity contribution in [2.45, 2.75) is 58.0 Å². The summed E-state index contributed by atoms with van der Waals surface area (Å²) in [7, 11) is 0. The smallest absolute Gasteiger partial charge is 0.420 e. The number of aldehydes is 1. The van der Waals surface area contributed by atoms with E-state index in [2.05, 4.69) is 22.5 Å². The highest BCUT2D eigenvalue weighted by atomic mass is 32.2. The van der Waals surface area contributed by atoms with Crippen LogP contribution in [0.15, 0.2) is 23.6 Å². The molecular formula is C24H29F3N4O4S2. The Hall–Kier alpha value is -2.93. The second-order valence-corrected chi connectivity index (χ2v) is 9.79. The Kier molecular flexibility index (Phi) is 12.6. The van der Waals surface area contributed by atoms with E-state index in [4.69, 9.17) is 10.1 Å². The van der Waals surface area contributed by atoms with Crippen molar-refractivity contribution in [2.75, 3.05) is 17.7 Å². The van der Waals surface area contributed by atoms with Crippen LogP contribution in [0.4, 0.5) is 24.0 Å². The van der Waals surface area contributed by atoms with E-state index >= 15 is 0 Å². The number of alkyl halides is 3. The molecule has 3 N–H and O–H groups in total. The standard InChI is InChI=1S/C24H29F3N4O4S2/c1-2-3-4-5-6-7-12-35-20-9-8-16(13-17(20)24(25,26)27)29-23-30-18(14-37-23)19(33)15-36-22(28)31-21(34)10-11-32/h8-9,11,13-14H,2-7,10,12,15H2,1H3,(H,29,30)(H2,28,31,34). The largest absolute Gasteiger partial charge is 0.493 e. The third-order valence-corrected chi connectivity index (χ3v) is 6.51. The molecule has 1 amide bonds. The summed E-state index contributed by atoms with van der Waals surface area (Å²) in [5.41, 5.74) is -0.688. The van der Waals surface area contributed by atoms with Gasteiger partial charge in [-0.25, -0.2) is 4.98 Å². The Bertz CT molecular complexity index is 1080. The monoisotopic (exact) mass is 558 g/mol. The number of hydrogen-bond donors (Lipinski definition) is 3. The van der Waals surface area contributed by atoms with Crippen LogP contribution < -0.4 is 15.4 Å². The molecule has 0 saturated carbocycles. The number of halogens is 3. The lowest BCUT2D eigenvalue weighted by Gasteiger charge is -2.15. The first-order valence-corrected chi connectivity index (χ1v) is 13.5. The predicted molar refractivity (Wildman–Crippen MR) is 139 cm³/mol. The topological polar surface area (TPSA) is 121 Å². The van der Waals surface area contributed by atoms with Crippen LogP contribution in [0.5, 0.6) is 5.75 Å². The molecule has 2 aromatic rings. The molecule has 1 aromatic carbocycles. The SMILES string of the molecule is CCCCCCCCOc1ccc(Nc2nc(C(=O)CSC(=N)NC(=O)CC=O)cs2)cc1C(F)(F)F. The molecule has 0 aliphatic carbocycles. The average Bonchev–Trinajstić information content (AvgIpc) is 3.30. The molecule has 0 atom stereocenters. The third kappa shape index (κ3) is 10.9. The van der Waals surface area contributed by atoms with Crippen LogP contribution in [0.2, 0.25) is 0 Å². The number of nitrogens with zero attached hydrogens (tertiary/aromatic N) is 1. The first-order chi connectivity index (χ1) is 17.6. The van der Waals surface area contributed by atoms with Gasteiger partial charge in [-0.05, 0) is 24.6 Å². The van der Waals surface area contributed by atoms with E-state index < -0.39 is 23.4 Å². The Morgan fingerprint density at radius 1 is 1.19 bits per heavy atom. The first kappa shape index (κ1) is 30.3.